The number of halogens is 3. The van der Waals surface area contributed by atoms with E-state index >= 15 is 0 Å². The van der Waals surface area contributed by atoms with E-state index in [1.807, 2.05) is 6.92 Å². The van der Waals surface area contributed by atoms with Crippen molar-refractivity contribution < 1.29 is 13.2 Å². The van der Waals surface area contributed by atoms with Crippen molar-refractivity contribution in [2.24, 2.45) is 0 Å². The summed E-state index contributed by atoms with van der Waals surface area (Å²) in [4.78, 5) is 9.34. The molecule has 0 saturated carbocycles. The zero-order valence-corrected chi connectivity index (χ0v) is 12.0. The lowest BCUT2D eigenvalue weighted by atomic mass is 10.1. The molecule has 2 rings (SSSR count). The number of nitrogens with one attached hydrogen (secondary N) is 1. The molecule has 1 aliphatic rings. The van der Waals surface area contributed by atoms with Crippen molar-refractivity contribution in [3.8, 4) is 0 Å². The second-order valence-corrected chi connectivity index (χ2v) is 5.32. The fourth-order valence-electron chi connectivity index (χ4n) is 2.44. The number of rotatable bonds is 4. The summed E-state index contributed by atoms with van der Waals surface area (Å²) in [5, 5.41) is 2.92. The largest absolute Gasteiger partial charge is 0.433 e. The van der Waals surface area contributed by atoms with E-state index in [-0.39, 0.29) is 17.8 Å². The molecule has 0 bridgehead atoms. The Hall–Kier alpha value is -1.57. The highest BCUT2D eigenvalue weighted by Gasteiger charge is 2.33. The van der Waals surface area contributed by atoms with Gasteiger partial charge >= 0.3 is 6.18 Å². The van der Waals surface area contributed by atoms with Crippen molar-refractivity contribution in [3.63, 3.8) is 0 Å². The molecule has 0 aromatic carbocycles. The Kier molecular flexibility index (Phi) is 4.87. The minimum atomic E-state index is -4.52. The fraction of sp³-hybridized carbons (Fsp3) is 0.692. The van der Waals surface area contributed by atoms with Crippen molar-refractivity contribution in [2.45, 2.75) is 38.4 Å². The Balaban J connectivity index is 1.97. The van der Waals surface area contributed by atoms with Crippen LogP contribution < -0.4 is 11.1 Å². The number of hydrogen-bond donors (Lipinski definition) is 2. The number of nitrogens with two attached hydrogens (primary N) is 1. The Morgan fingerprint density at radius 3 is 2.57 bits per heavy atom. The summed E-state index contributed by atoms with van der Waals surface area (Å²) < 4.78 is 38.0. The Bertz CT molecular complexity index is 471. The van der Waals surface area contributed by atoms with Crippen LogP contribution in [0.3, 0.4) is 0 Å². The highest BCUT2D eigenvalue weighted by Crippen LogP contribution is 2.29. The van der Waals surface area contributed by atoms with E-state index in [1.54, 1.807) is 0 Å². The van der Waals surface area contributed by atoms with Crippen molar-refractivity contribution in [1.82, 2.24) is 14.9 Å². The smallest absolute Gasteiger partial charge is 0.368 e. The molecule has 1 unspecified atom stereocenters. The van der Waals surface area contributed by atoms with Crippen LogP contribution in [0.25, 0.3) is 0 Å². The molecule has 1 aromatic rings. The maximum Gasteiger partial charge on any atom is 0.433 e. The molecular weight excluding hydrogens is 283 g/mol. The van der Waals surface area contributed by atoms with Gasteiger partial charge in [-0.15, -0.1) is 0 Å². The molecule has 3 N–H and O–H groups in total. The molecule has 0 spiro atoms. The van der Waals surface area contributed by atoms with Gasteiger partial charge in [0.2, 0.25) is 5.95 Å². The molecule has 1 saturated heterocycles. The maximum atomic E-state index is 12.7. The van der Waals surface area contributed by atoms with Crippen LogP contribution in [0, 0.1) is 0 Å². The lowest BCUT2D eigenvalue weighted by Gasteiger charge is -2.32. The normalized spacial score (nSPS) is 18.5. The molecule has 1 fully saturated rings. The van der Waals surface area contributed by atoms with Crippen LogP contribution in [0.5, 0.6) is 0 Å². The van der Waals surface area contributed by atoms with Crippen LogP contribution in [-0.2, 0) is 6.18 Å². The Morgan fingerprint density at radius 2 is 1.95 bits per heavy atom. The van der Waals surface area contributed by atoms with Gasteiger partial charge in [0.15, 0.2) is 5.69 Å². The van der Waals surface area contributed by atoms with E-state index < -0.39 is 11.9 Å². The summed E-state index contributed by atoms with van der Waals surface area (Å²) in [5.74, 6) is -0.267. The predicted molar refractivity (Wildman–Crippen MR) is 74.8 cm³/mol. The lowest BCUT2D eigenvalue weighted by molar-refractivity contribution is -0.141. The molecule has 0 radical (unpaired) electrons. The molecule has 1 aromatic heterocycles. The number of nitrogen functional groups attached to an aromatic ring is 1. The van der Waals surface area contributed by atoms with E-state index in [0.29, 0.717) is 6.54 Å². The third-order valence-corrected chi connectivity index (χ3v) is 3.63. The minimum Gasteiger partial charge on any atom is -0.368 e. The van der Waals surface area contributed by atoms with Crippen LogP contribution in [0.15, 0.2) is 6.07 Å². The molecule has 1 aliphatic heterocycles. The molecule has 2 heterocycles. The van der Waals surface area contributed by atoms with Crippen LogP contribution in [0.1, 0.15) is 31.9 Å². The third kappa shape index (κ3) is 4.45. The Labute approximate surface area is 121 Å². The van der Waals surface area contributed by atoms with Gasteiger partial charge in [0.25, 0.3) is 0 Å². The van der Waals surface area contributed by atoms with Gasteiger partial charge in [-0.2, -0.15) is 18.2 Å². The number of nitrogens with zero attached hydrogens (tertiary/aromatic N) is 3. The van der Waals surface area contributed by atoms with Gasteiger partial charge in [-0.3, -0.25) is 4.90 Å². The maximum absolute atomic E-state index is 12.7. The van der Waals surface area contributed by atoms with Gasteiger partial charge in [-0.1, -0.05) is 6.42 Å². The first-order valence-electron chi connectivity index (χ1n) is 7.06. The van der Waals surface area contributed by atoms with Gasteiger partial charge in [0.1, 0.15) is 5.82 Å². The number of alkyl halides is 3. The van der Waals surface area contributed by atoms with Crippen molar-refractivity contribution in [1.29, 1.82) is 0 Å². The van der Waals surface area contributed by atoms with E-state index in [4.69, 9.17) is 5.73 Å². The molecule has 0 amide bonds. The first-order valence-corrected chi connectivity index (χ1v) is 7.06. The summed E-state index contributed by atoms with van der Waals surface area (Å²) >= 11 is 0. The standard InChI is InChI=1S/C13H20F3N5/c1-9(21-5-3-2-4-6-21)8-18-11-7-10(13(14,15)16)19-12(17)20-11/h7,9H,2-6,8H2,1H3,(H3,17,18,19,20). The summed E-state index contributed by atoms with van der Waals surface area (Å²) in [6, 6.07) is 1.12. The summed E-state index contributed by atoms with van der Waals surface area (Å²) in [6.07, 6.45) is -0.938. The van der Waals surface area contributed by atoms with Gasteiger partial charge in [0.05, 0.1) is 0 Å². The third-order valence-electron chi connectivity index (χ3n) is 3.63. The van der Waals surface area contributed by atoms with Crippen LogP contribution >= 0.6 is 0 Å². The number of piperidine rings is 1. The molecule has 1 atom stereocenters. The van der Waals surface area contributed by atoms with E-state index in [1.165, 1.54) is 19.3 Å². The second kappa shape index (κ2) is 6.46. The highest BCUT2D eigenvalue weighted by molar-refractivity contribution is 5.41. The topological polar surface area (TPSA) is 67.1 Å². The van der Waals surface area contributed by atoms with Gasteiger partial charge in [-0.05, 0) is 32.9 Å². The average Bonchev–Trinajstić information content (AvgIpc) is 2.44. The SMILES string of the molecule is CC(CNc1cc(C(F)(F)F)nc(N)n1)N1CCCCC1. The first-order chi connectivity index (χ1) is 9.86. The first kappa shape index (κ1) is 15.8. The molecule has 118 valence electrons. The molecular formula is C13H20F3N5. The minimum absolute atomic E-state index is 0.110. The summed E-state index contributed by atoms with van der Waals surface area (Å²) in [5.41, 5.74) is 4.31. The fourth-order valence-corrected chi connectivity index (χ4v) is 2.44. The van der Waals surface area contributed by atoms with Crippen molar-refractivity contribution in [2.75, 3.05) is 30.7 Å². The van der Waals surface area contributed by atoms with Gasteiger partial charge in [-0.25, -0.2) is 4.98 Å². The van der Waals surface area contributed by atoms with Gasteiger partial charge in [0, 0.05) is 18.7 Å². The van der Waals surface area contributed by atoms with Crippen molar-refractivity contribution >= 4 is 11.8 Å². The monoisotopic (exact) mass is 303 g/mol. The van der Waals surface area contributed by atoms with Gasteiger partial charge < -0.3 is 11.1 Å². The molecule has 8 heteroatoms. The zero-order valence-electron chi connectivity index (χ0n) is 12.0. The number of hydrogen-bond acceptors (Lipinski definition) is 5. The van der Waals surface area contributed by atoms with Crippen molar-refractivity contribution in [3.05, 3.63) is 11.8 Å². The van der Waals surface area contributed by atoms with E-state index in [9.17, 15) is 13.2 Å². The van der Waals surface area contributed by atoms with E-state index in [2.05, 4.69) is 20.2 Å². The summed E-state index contributed by atoms with van der Waals surface area (Å²) in [6.45, 7) is 4.63. The summed E-state index contributed by atoms with van der Waals surface area (Å²) in [7, 11) is 0. The predicted octanol–water partition coefficient (Wildman–Crippen LogP) is 2.36. The lowest BCUT2D eigenvalue weighted by Crippen LogP contribution is -2.41. The quantitative estimate of drug-likeness (QED) is 0.894. The zero-order chi connectivity index (χ0) is 15.5. The molecule has 0 aliphatic carbocycles. The van der Waals surface area contributed by atoms with Crippen LogP contribution in [0.2, 0.25) is 0 Å². The highest BCUT2D eigenvalue weighted by atomic mass is 19.4. The van der Waals surface area contributed by atoms with Crippen LogP contribution in [-0.4, -0.2) is 40.5 Å². The average molecular weight is 303 g/mol. The van der Waals surface area contributed by atoms with Crippen LogP contribution in [0.4, 0.5) is 24.9 Å². The number of aromatic nitrogens is 2. The number of anilines is 2. The Morgan fingerprint density at radius 1 is 1.29 bits per heavy atom. The molecule has 5 nitrogen and oxygen atoms in total. The van der Waals surface area contributed by atoms with E-state index in [0.717, 1.165) is 19.2 Å². The number of likely N-dealkylation sites (tertiary alicyclic amines) is 1. The second-order valence-electron chi connectivity index (χ2n) is 5.32. The molecule has 21 heavy (non-hydrogen) atoms.